The first-order valence-corrected chi connectivity index (χ1v) is 2.20. The summed E-state index contributed by atoms with van der Waals surface area (Å²) >= 11 is 0. The van der Waals surface area contributed by atoms with Crippen LogP contribution in [-0.4, -0.2) is 10.7 Å². The van der Waals surface area contributed by atoms with Crippen molar-refractivity contribution in [3.63, 3.8) is 0 Å². The van der Waals surface area contributed by atoms with E-state index < -0.39 is 5.60 Å². The van der Waals surface area contributed by atoms with E-state index in [2.05, 4.69) is 11.8 Å². The van der Waals surface area contributed by atoms with E-state index in [1.807, 2.05) is 0 Å². The lowest BCUT2D eigenvalue weighted by atomic mass is 10.1. The quantitative estimate of drug-likeness (QED) is 0.359. The summed E-state index contributed by atoms with van der Waals surface area (Å²) in [4.78, 5) is 0. The van der Waals surface area contributed by atoms with Crippen LogP contribution in [0.5, 0.6) is 0 Å². The highest BCUT2D eigenvalue weighted by molar-refractivity contribution is 5.20. The largest absolute Gasteiger partial charge is 0.366 e. The van der Waals surface area contributed by atoms with E-state index in [1.54, 1.807) is 13.0 Å². The Balaban J connectivity index is 4.12. The number of nitrogens with zero attached hydrogens (tertiary/aromatic N) is 1. The summed E-state index contributed by atoms with van der Waals surface area (Å²) in [7, 11) is 0. The Morgan fingerprint density at radius 1 is 1.62 bits per heavy atom. The van der Waals surface area contributed by atoms with Gasteiger partial charge < -0.3 is 5.11 Å². The van der Waals surface area contributed by atoms with Gasteiger partial charge in [-0.1, -0.05) is 5.92 Å². The molecule has 0 radical (unpaired) electrons. The lowest BCUT2D eigenvalue weighted by Crippen LogP contribution is -2.17. The second-order valence-corrected chi connectivity index (χ2v) is 1.56. The molecule has 0 aromatic rings. The fourth-order valence-electron chi connectivity index (χ4n) is 0.271. The molecule has 8 heavy (non-hydrogen) atoms. The fraction of sp³-hybridized carbons (Fsp3) is 0.500. The van der Waals surface area contributed by atoms with E-state index in [0.29, 0.717) is 0 Å². The lowest BCUT2D eigenvalue weighted by Gasteiger charge is -2.00. The minimum atomic E-state index is -1.46. The molecule has 0 heterocycles. The van der Waals surface area contributed by atoms with Gasteiger partial charge >= 0.3 is 0 Å². The predicted molar refractivity (Wildman–Crippen MR) is 29.7 cm³/mol. The van der Waals surface area contributed by atoms with Crippen LogP contribution in [0.15, 0.2) is 0 Å². The van der Waals surface area contributed by atoms with E-state index in [-0.39, 0.29) is 0 Å². The van der Waals surface area contributed by atoms with Crippen LogP contribution in [0.4, 0.5) is 0 Å². The van der Waals surface area contributed by atoms with Crippen molar-refractivity contribution in [1.29, 1.82) is 5.26 Å². The normalized spacial score (nSPS) is 14.8. The number of nitriles is 1. The first-order valence-electron chi connectivity index (χ1n) is 2.20. The predicted octanol–water partition coefficient (Wildman–Crippen LogP) is 0.284. The lowest BCUT2D eigenvalue weighted by molar-refractivity contribution is 0.182. The molecule has 0 aliphatic rings. The highest BCUT2D eigenvalue weighted by Crippen LogP contribution is 1.95. The number of aliphatic hydroxyl groups is 1. The molecule has 0 aliphatic heterocycles. The molecular formula is C6H7NO. The molecule has 2 heteroatoms. The Morgan fingerprint density at radius 2 is 2.12 bits per heavy atom. The first kappa shape index (κ1) is 7.01. The Morgan fingerprint density at radius 3 is 2.25 bits per heavy atom. The van der Waals surface area contributed by atoms with Crippen LogP contribution in [0.3, 0.4) is 0 Å². The summed E-state index contributed by atoms with van der Waals surface area (Å²) in [6, 6.07) is 1.62. The van der Waals surface area contributed by atoms with Crippen molar-refractivity contribution in [1.82, 2.24) is 0 Å². The van der Waals surface area contributed by atoms with Gasteiger partial charge in [0.05, 0.1) is 0 Å². The average Bonchev–Trinajstić information content (AvgIpc) is 1.67. The summed E-state index contributed by atoms with van der Waals surface area (Å²) in [6.45, 7) is 2.93. The van der Waals surface area contributed by atoms with Crippen LogP contribution >= 0.6 is 0 Å². The molecule has 0 spiro atoms. The van der Waals surface area contributed by atoms with E-state index >= 15 is 0 Å². The van der Waals surface area contributed by atoms with Gasteiger partial charge in [0.2, 0.25) is 5.60 Å². The van der Waals surface area contributed by atoms with E-state index in [0.717, 1.165) is 0 Å². The number of rotatable bonds is 0. The van der Waals surface area contributed by atoms with Gasteiger partial charge in [-0.15, -0.1) is 5.92 Å². The standard InChI is InChI=1S/C6H7NO/c1-3-4-6(2,8)5-7/h8H,1-2H3. The van der Waals surface area contributed by atoms with Gasteiger partial charge in [0, 0.05) is 0 Å². The van der Waals surface area contributed by atoms with Crippen LogP contribution < -0.4 is 0 Å². The van der Waals surface area contributed by atoms with Crippen LogP contribution in [0.2, 0.25) is 0 Å². The molecule has 0 saturated heterocycles. The van der Waals surface area contributed by atoms with Crippen LogP contribution in [0.25, 0.3) is 0 Å². The summed E-state index contributed by atoms with van der Waals surface area (Å²) in [5.74, 6) is 4.75. The molecule has 0 amide bonds. The van der Waals surface area contributed by atoms with Gasteiger partial charge in [-0.3, -0.25) is 0 Å². The average molecular weight is 109 g/mol. The van der Waals surface area contributed by atoms with E-state index in [1.165, 1.54) is 6.92 Å². The molecule has 1 unspecified atom stereocenters. The molecule has 42 valence electrons. The fourth-order valence-corrected chi connectivity index (χ4v) is 0.271. The smallest absolute Gasteiger partial charge is 0.210 e. The van der Waals surface area contributed by atoms with Crippen molar-refractivity contribution in [2.45, 2.75) is 19.4 Å². The summed E-state index contributed by atoms with van der Waals surface area (Å²) in [5.41, 5.74) is -1.46. The van der Waals surface area contributed by atoms with Gasteiger partial charge in [-0.2, -0.15) is 5.26 Å². The summed E-state index contributed by atoms with van der Waals surface area (Å²) < 4.78 is 0. The minimum Gasteiger partial charge on any atom is -0.366 e. The third-order valence-corrected chi connectivity index (χ3v) is 0.586. The maximum atomic E-state index is 8.79. The maximum Gasteiger partial charge on any atom is 0.210 e. The van der Waals surface area contributed by atoms with Gasteiger partial charge in [-0.05, 0) is 13.8 Å². The highest BCUT2D eigenvalue weighted by atomic mass is 16.3. The Hall–Kier alpha value is -0.990. The molecule has 0 fully saturated rings. The molecule has 1 atom stereocenters. The molecule has 0 saturated carbocycles. The van der Waals surface area contributed by atoms with Crippen LogP contribution in [-0.2, 0) is 0 Å². The number of hydrogen-bond acceptors (Lipinski definition) is 2. The first-order chi connectivity index (χ1) is 3.62. The Kier molecular flexibility index (Phi) is 2.06. The third-order valence-electron chi connectivity index (χ3n) is 0.586. The zero-order chi connectivity index (χ0) is 6.62. The van der Waals surface area contributed by atoms with Crippen LogP contribution in [0.1, 0.15) is 13.8 Å². The molecule has 0 aliphatic carbocycles. The molecule has 2 nitrogen and oxygen atoms in total. The van der Waals surface area contributed by atoms with E-state index in [9.17, 15) is 0 Å². The Labute approximate surface area is 48.8 Å². The van der Waals surface area contributed by atoms with Gasteiger partial charge in [0.15, 0.2) is 0 Å². The molecular weight excluding hydrogens is 102 g/mol. The van der Waals surface area contributed by atoms with Crippen LogP contribution in [0, 0.1) is 23.2 Å². The van der Waals surface area contributed by atoms with Gasteiger partial charge in [0.25, 0.3) is 0 Å². The molecule has 0 bridgehead atoms. The van der Waals surface area contributed by atoms with Crippen molar-refractivity contribution in [3.8, 4) is 17.9 Å². The van der Waals surface area contributed by atoms with Crippen molar-refractivity contribution < 1.29 is 5.11 Å². The highest BCUT2D eigenvalue weighted by Gasteiger charge is 2.12. The molecule has 0 rings (SSSR count). The van der Waals surface area contributed by atoms with Gasteiger partial charge in [-0.25, -0.2) is 0 Å². The summed E-state index contributed by atoms with van der Waals surface area (Å²) in [5, 5.41) is 16.9. The monoisotopic (exact) mass is 109 g/mol. The van der Waals surface area contributed by atoms with Crippen molar-refractivity contribution >= 4 is 0 Å². The third kappa shape index (κ3) is 2.23. The zero-order valence-electron chi connectivity index (χ0n) is 4.89. The maximum absolute atomic E-state index is 8.79. The zero-order valence-corrected chi connectivity index (χ0v) is 4.89. The Bertz CT molecular complexity index is 165. The van der Waals surface area contributed by atoms with Crippen molar-refractivity contribution in [2.75, 3.05) is 0 Å². The minimum absolute atomic E-state index is 1.35. The number of hydrogen-bond donors (Lipinski definition) is 1. The molecule has 0 aromatic heterocycles. The van der Waals surface area contributed by atoms with Gasteiger partial charge in [0.1, 0.15) is 6.07 Å². The molecule has 0 aromatic carbocycles. The second-order valence-electron chi connectivity index (χ2n) is 1.56. The SMILES string of the molecule is CC#CC(C)(O)C#N. The van der Waals surface area contributed by atoms with E-state index in [4.69, 9.17) is 10.4 Å². The second kappa shape index (κ2) is 2.35. The summed E-state index contributed by atoms with van der Waals surface area (Å²) in [6.07, 6.45) is 0. The van der Waals surface area contributed by atoms with Crippen molar-refractivity contribution in [3.05, 3.63) is 0 Å². The molecule has 1 N–H and O–H groups in total. The van der Waals surface area contributed by atoms with Crippen molar-refractivity contribution in [2.24, 2.45) is 0 Å². The topological polar surface area (TPSA) is 44.0 Å².